The molecule has 2 aliphatic rings. The van der Waals surface area contributed by atoms with Crippen LogP contribution in [0.1, 0.15) is 51.5 Å². The van der Waals surface area contributed by atoms with Gasteiger partial charge >= 0.3 is 0 Å². The highest BCUT2D eigenvalue weighted by molar-refractivity contribution is 6.33. The van der Waals surface area contributed by atoms with Crippen LogP contribution < -0.4 is 21.5 Å². The summed E-state index contributed by atoms with van der Waals surface area (Å²) in [6, 6.07) is 6.32. The molecule has 3 heterocycles. The molecule has 2 fully saturated rings. The van der Waals surface area contributed by atoms with Crippen molar-refractivity contribution >= 4 is 40.1 Å². The first-order chi connectivity index (χ1) is 16.0. The van der Waals surface area contributed by atoms with Crippen LogP contribution in [0.15, 0.2) is 35.4 Å². The highest BCUT2D eigenvalue weighted by Gasteiger charge is 2.25. The lowest BCUT2D eigenvalue weighted by molar-refractivity contribution is 0.485. The molecule has 1 aliphatic carbocycles. The first-order valence-electron chi connectivity index (χ1n) is 11.8. The molecule has 3 N–H and O–H groups in total. The van der Waals surface area contributed by atoms with E-state index in [1.54, 1.807) is 10.8 Å². The predicted octanol–water partition coefficient (Wildman–Crippen LogP) is 4.26. The molecule has 0 amide bonds. The van der Waals surface area contributed by atoms with E-state index < -0.39 is 0 Å². The summed E-state index contributed by atoms with van der Waals surface area (Å²) < 4.78 is 1.78. The third kappa shape index (κ3) is 4.68. The van der Waals surface area contributed by atoms with E-state index in [0.717, 1.165) is 63.0 Å². The summed E-state index contributed by atoms with van der Waals surface area (Å²) in [4.78, 5) is 28.2. The molecule has 5 rings (SSSR count). The Labute approximate surface area is 198 Å². The molecule has 2 aromatic heterocycles. The Kier molecular flexibility index (Phi) is 6.21. The van der Waals surface area contributed by atoms with Crippen molar-refractivity contribution in [2.45, 2.75) is 57.5 Å². The Hall–Kier alpha value is -2.71. The van der Waals surface area contributed by atoms with Crippen LogP contribution in [0.5, 0.6) is 0 Å². The summed E-state index contributed by atoms with van der Waals surface area (Å²) in [5.74, 6) is 1.03. The summed E-state index contributed by atoms with van der Waals surface area (Å²) in [5.41, 5.74) is 8.90. The first kappa shape index (κ1) is 22.1. The van der Waals surface area contributed by atoms with Gasteiger partial charge < -0.3 is 16.0 Å². The quantitative estimate of drug-likeness (QED) is 0.558. The Morgan fingerprint density at radius 1 is 1.21 bits per heavy atom. The molecule has 0 bridgehead atoms. The second-order valence-corrected chi connectivity index (χ2v) is 9.82. The van der Waals surface area contributed by atoms with Crippen molar-refractivity contribution < 1.29 is 0 Å². The zero-order valence-corrected chi connectivity index (χ0v) is 19.6. The van der Waals surface area contributed by atoms with E-state index in [9.17, 15) is 4.79 Å². The lowest BCUT2D eigenvalue weighted by Crippen LogP contribution is -2.24. The predicted molar refractivity (Wildman–Crippen MR) is 132 cm³/mol. The number of hydrogen-bond acceptors (Lipinski definition) is 7. The molecule has 0 spiro atoms. The molecule has 1 saturated heterocycles. The van der Waals surface area contributed by atoms with Crippen molar-refractivity contribution in [3.8, 4) is 0 Å². The normalized spacial score (nSPS) is 20.0. The Balaban J connectivity index is 1.37. The lowest BCUT2D eigenvalue weighted by atomic mass is 10.0. The van der Waals surface area contributed by atoms with Gasteiger partial charge in [-0.3, -0.25) is 9.36 Å². The number of halogens is 1. The molecule has 9 heteroatoms. The fourth-order valence-corrected chi connectivity index (χ4v) is 5.54. The molecule has 174 valence electrons. The molecule has 2 unspecified atom stereocenters. The van der Waals surface area contributed by atoms with Crippen LogP contribution in [0, 0.1) is 5.92 Å². The van der Waals surface area contributed by atoms with Gasteiger partial charge in [-0.25, -0.2) is 9.97 Å². The topological polar surface area (TPSA) is 102 Å². The number of nitrogens with zero attached hydrogens (tertiary/aromatic N) is 5. The van der Waals surface area contributed by atoms with E-state index >= 15 is 0 Å². The molecule has 1 aliphatic heterocycles. The number of nitrogens with two attached hydrogens (primary N) is 1. The van der Waals surface area contributed by atoms with Gasteiger partial charge in [-0.05, 0) is 56.7 Å². The SMILES string of the molecule is CC(N)CC1CCN(c2ccc(Nc3ncc4ncc(=O)n(C5CCCC5)c4n3)cc2Cl)C1. The summed E-state index contributed by atoms with van der Waals surface area (Å²) in [7, 11) is 0. The number of hydrogen-bond donors (Lipinski definition) is 2. The van der Waals surface area contributed by atoms with Crippen LogP contribution >= 0.6 is 11.6 Å². The minimum atomic E-state index is -0.112. The number of rotatable bonds is 6. The van der Waals surface area contributed by atoms with E-state index in [2.05, 4.69) is 32.1 Å². The van der Waals surface area contributed by atoms with Crippen LogP contribution in [0.25, 0.3) is 11.2 Å². The fourth-order valence-electron chi connectivity index (χ4n) is 5.24. The molecule has 1 saturated carbocycles. The third-order valence-electron chi connectivity index (χ3n) is 6.76. The van der Waals surface area contributed by atoms with Crippen LogP contribution in [-0.2, 0) is 0 Å². The molecular formula is C24H30ClN7O. The molecule has 1 aromatic carbocycles. The van der Waals surface area contributed by atoms with E-state index in [0.29, 0.717) is 28.1 Å². The standard InChI is InChI=1S/C24H30ClN7O/c1-15(26)10-16-8-9-31(14-16)21-7-6-17(11-19(21)25)29-24-28-12-20-23(30-24)32(22(33)13-27-20)18-4-2-3-5-18/h6-7,11-13,15-16,18H,2-5,8-10,14,26H2,1H3,(H,28,29,30). The van der Waals surface area contributed by atoms with Gasteiger partial charge in [-0.2, -0.15) is 4.98 Å². The van der Waals surface area contributed by atoms with E-state index in [4.69, 9.17) is 17.3 Å². The van der Waals surface area contributed by atoms with Gasteiger partial charge in [-0.1, -0.05) is 24.4 Å². The fraction of sp³-hybridized carbons (Fsp3) is 0.500. The van der Waals surface area contributed by atoms with Gasteiger partial charge in [0.25, 0.3) is 5.56 Å². The maximum atomic E-state index is 12.6. The highest BCUT2D eigenvalue weighted by atomic mass is 35.5. The molecular weight excluding hydrogens is 438 g/mol. The highest BCUT2D eigenvalue weighted by Crippen LogP contribution is 2.34. The average Bonchev–Trinajstić information content (AvgIpc) is 3.46. The second-order valence-electron chi connectivity index (χ2n) is 9.41. The minimum absolute atomic E-state index is 0.112. The largest absolute Gasteiger partial charge is 0.370 e. The molecule has 3 aromatic rings. The van der Waals surface area contributed by atoms with Gasteiger partial charge in [0.2, 0.25) is 5.95 Å². The van der Waals surface area contributed by atoms with Crippen molar-refractivity contribution in [3.63, 3.8) is 0 Å². The molecule has 2 atom stereocenters. The molecule has 0 radical (unpaired) electrons. The van der Waals surface area contributed by atoms with Crippen LogP contribution in [0.4, 0.5) is 17.3 Å². The Morgan fingerprint density at radius 3 is 2.79 bits per heavy atom. The molecule has 33 heavy (non-hydrogen) atoms. The van der Waals surface area contributed by atoms with Crippen molar-refractivity contribution in [2.75, 3.05) is 23.3 Å². The summed E-state index contributed by atoms with van der Waals surface area (Å²) in [5, 5.41) is 3.93. The number of benzene rings is 1. The second kappa shape index (κ2) is 9.27. The van der Waals surface area contributed by atoms with Crippen molar-refractivity contribution in [2.24, 2.45) is 11.7 Å². The van der Waals surface area contributed by atoms with Crippen molar-refractivity contribution in [1.82, 2.24) is 19.5 Å². The Bertz CT molecular complexity index is 1210. The Morgan fingerprint density at radius 2 is 2.03 bits per heavy atom. The van der Waals surface area contributed by atoms with Gasteiger partial charge in [0.05, 0.1) is 23.1 Å². The van der Waals surface area contributed by atoms with Crippen LogP contribution in [0.3, 0.4) is 0 Å². The van der Waals surface area contributed by atoms with E-state index in [-0.39, 0.29) is 17.6 Å². The average molecular weight is 468 g/mol. The zero-order chi connectivity index (χ0) is 22.9. The van der Waals surface area contributed by atoms with Crippen LogP contribution in [-0.4, -0.2) is 38.7 Å². The van der Waals surface area contributed by atoms with E-state index in [1.165, 1.54) is 6.20 Å². The number of fused-ring (bicyclic) bond motifs is 1. The molecule has 8 nitrogen and oxygen atoms in total. The van der Waals surface area contributed by atoms with Gasteiger partial charge in [0.15, 0.2) is 5.65 Å². The first-order valence-corrected chi connectivity index (χ1v) is 12.2. The summed E-state index contributed by atoms with van der Waals surface area (Å²) in [6.45, 7) is 4.03. The minimum Gasteiger partial charge on any atom is -0.370 e. The zero-order valence-electron chi connectivity index (χ0n) is 18.9. The lowest BCUT2D eigenvalue weighted by Gasteiger charge is -2.21. The maximum absolute atomic E-state index is 12.6. The maximum Gasteiger partial charge on any atom is 0.270 e. The van der Waals surface area contributed by atoms with Crippen molar-refractivity contribution in [1.29, 1.82) is 0 Å². The van der Waals surface area contributed by atoms with Gasteiger partial charge in [-0.15, -0.1) is 0 Å². The number of anilines is 3. The van der Waals surface area contributed by atoms with Gasteiger partial charge in [0.1, 0.15) is 5.52 Å². The van der Waals surface area contributed by atoms with Crippen LogP contribution in [0.2, 0.25) is 5.02 Å². The van der Waals surface area contributed by atoms with E-state index in [1.807, 2.05) is 18.2 Å². The summed E-state index contributed by atoms with van der Waals surface area (Å²) >= 11 is 6.65. The summed E-state index contributed by atoms with van der Waals surface area (Å²) in [6.07, 6.45) is 9.44. The smallest absolute Gasteiger partial charge is 0.270 e. The van der Waals surface area contributed by atoms with Gasteiger partial charge in [0, 0.05) is 30.9 Å². The number of aromatic nitrogens is 4. The third-order valence-corrected chi connectivity index (χ3v) is 7.06. The van der Waals surface area contributed by atoms with Crippen molar-refractivity contribution in [3.05, 3.63) is 46.0 Å². The number of nitrogens with one attached hydrogen (secondary N) is 1. The monoisotopic (exact) mass is 467 g/mol.